The van der Waals surface area contributed by atoms with Crippen LogP contribution in [0.15, 0.2) is 66.7 Å². The van der Waals surface area contributed by atoms with Crippen molar-refractivity contribution in [2.45, 2.75) is 0 Å². The summed E-state index contributed by atoms with van der Waals surface area (Å²) in [7, 11) is 1.67. The molecule has 1 N–H and O–H groups in total. The van der Waals surface area contributed by atoms with Gasteiger partial charge in [-0.3, -0.25) is 4.79 Å². The van der Waals surface area contributed by atoms with Gasteiger partial charge in [-0.15, -0.1) is 0 Å². The number of hydrogen-bond acceptors (Lipinski definition) is 2. The minimum atomic E-state index is -0.271. The second-order valence-corrected chi connectivity index (χ2v) is 4.13. The molecule has 0 heterocycles. The molecule has 0 bridgehead atoms. The number of rotatable bonds is 3. The maximum Gasteiger partial charge on any atom is 0.254 e. The van der Waals surface area contributed by atoms with Crippen LogP contribution < -0.4 is 4.90 Å². The minimum absolute atomic E-state index is 0.0339. The first-order chi connectivity index (χ1) is 9.18. The van der Waals surface area contributed by atoms with E-state index < -0.39 is 0 Å². The summed E-state index contributed by atoms with van der Waals surface area (Å²) in [6, 6.07) is 18.3. The Bertz CT molecular complexity index is 576. The molecule has 0 radical (unpaired) electrons. The number of amides is 1. The SMILES string of the molecule is CN(C(=O)/C=C(\O)c1ccccc1)c1ccccc1. The van der Waals surface area contributed by atoms with Crippen molar-refractivity contribution in [3.63, 3.8) is 0 Å². The predicted molar refractivity (Wildman–Crippen MR) is 76.9 cm³/mol. The fraction of sp³-hybridized carbons (Fsp3) is 0.0625. The Labute approximate surface area is 112 Å². The second kappa shape index (κ2) is 5.87. The molecule has 19 heavy (non-hydrogen) atoms. The smallest absolute Gasteiger partial charge is 0.254 e. The molecular formula is C16H15NO2. The third-order valence-electron chi connectivity index (χ3n) is 2.80. The fourth-order valence-corrected chi connectivity index (χ4v) is 1.68. The zero-order valence-electron chi connectivity index (χ0n) is 10.7. The van der Waals surface area contributed by atoms with Crippen molar-refractivity contribution in [3.8, 4) is 0 Å². The van der Waals surface area contributed by atoms with Gasteiger partial charge in [0.05, 0.1) is 0 Å². The molecule has 0 saturated heterocycles. The molecule has 3 heteroatoms. The van der Waals surface area contributed by atoms with Gasteiger partial charge in [-0.25, -0.2) is 0 Å². The highest BCUT2D eigenvalue weighted by molar-refractivity contribution is 6.04. The molecule has 0 atom stereocenters. The number of para-hydroxylation sites is 1. The number of nitrogens with zero attached hydrogens (tertiary/aromatic N) is 1. The summed E-state index contributed by atoms with van der Waals surface area (Å²) in [4.78, 5) is 13.5. The van der Waals surface area contributed by atoms with E-state index in [1.54, 1.807) is 19.2 Å². The Morgan fingerprint density at radius 3 is 2.11 bits per heavy atom. The monoisotopic (exact) mass is 253 g/mol. The van der Waals surface area contributed by atoms with Gasteiger partial charge in [-0.2, -0.15) is 0 Å². The topological polar surface area (TPSA) is 40.5 Å². The number of aliphatic hydroxyl groups is 1. The molecule has 0 fully saturated rings. The number of carbonyl (C=O) groups is 1. The quantitative estimate of drug-likeness (QED) is 0.673. The lowest BCUT2D eigenvalue weighted by molar-refractivity contribution is -0.113. The van der Waals surface area contributed by atoms with Gasteiger partial charge in [-0.1, -0.05) is 48.5 Å². The zero-order chi connectivity index (χ0) is 13.7. The summed E-state index contributed by atoms with van der Waals surface area (Å²) in [5, 5.41) is 9.90. The van der Waals surface area contributed by atoms with Crippen LogP contribution >= 0.6 is 0 Å². The maximum absolute atomic E-state index is 12.0. The highest BCUT2D eigenvalue weighted by Gasteiger charge is 2.09. The number of anilines is 1. The molecule has 3 nitrogen and oxygen atoms in total. The first-order valence-electron chi connectivity index (χ1n) is 5.97. The van der Waals surface area contributed by atoms with Gasteiger partial charge in [-0.05, 0) is 12.1 Å². The highest BCUT2D eigenvalue weighted by atomic mass is 16.3. The van der Waals surface area contributed by atoms with Gasteiger partial charge < -0.3 is 10.0 Å². The van der Waals surface area contributed by atoms with E-state index in [0.29, 0.717) is 5.56 Å². The summed E-state index contributed by atoms with van der Waals surface area (Å²) >= 11 is 0. The van der Waals surface area contributed by atoms with Crippen molar-refractivity contribution in [2.24, 2.45) is 0 Å². The molecular weight excluding hydrogens is 238 g/mol. The molecule has 0 spiro atoms. The average molecular weight is 253 g/mol. The zero-order valence-corrected chi connectivity index (χ0v) is 10.7. The van der Waals surface area contributed by atoms with Crippen molar-refractivity contribution in [1.29, 1.82) is 0 Å². The highest BCUT2D eigenvalue weighted by Crippen LogP contribution is 2.14. The lowest BCUT2D eigenvalue weighted by atomic mass is 10.2. The molecule has 0 unspecified atom stereocenters. The van der Waals surface area contributed by atoms with Crippen LogP contribution in [0.1, 0.15) is 5.56 Å². The Morgan fingerprint density at radius 1 is 1.00 bits per heavy atom. The molecule has 2 aromatic carbocycles. The molecule has 96 valence electrons. The van der Waals surface area contributed by atoms with Crippen LogP contribution in [0.4, 0.5) is 5.69 Å². The average Bonchev–Trinajstić information content (AvgIpc) is 2.48. The second-order valence-electron chi connectivity index (χ2n) is 4.13. The van der Waals surface area contributed by atoms with Crippen LogP contribution in [0.2, 0.25) is 0 Å². The van der Waals surface area contributed by atoms with Gasteiger partial charge in [0.25, 0.3) is 5.91 Å². The van der Waals surface area contributed by atoms with Crippen molar-refractivity contribution in [1.82, 2.24) is 0 Å². The number of hydrogen-bond donors (Lipinski definition) is 1. The lowest BCUT2D eigenvalue weighted by Crippen LogP contribution is -2.24. The Balaban J connectivity index is 2.17. The lowest BCUT2D eigenvalue weighted by Gasteiger charge is -2.15. The molecule has 1 amide bonds. The van der Waals surface area contributed by atoms with E-state index in [1.165, 1.54) is 11.0 Å². The van der Waals surface area contributed by atoms with Crippen LogP contribution in [0, 0.1) is 0 Å². The van der Waals surface area contributed by atoms with E-state index in [4.69, 9.17) is 0 Å². The molecule has 0 aromatic heterocycles. The van der Waals surface area contributed by atoms with Crippen molar-refractivity contribution in [3.05, 3.63) is 72.3 Å². The van der Waals surface area contributed by atoms with E-state index in [2.05, 4.69) is 0 Å². The molecule has 0 aliphatic carbocycles. The van der Waals surface area contributed by atoms with Gasteiger partial charge in [0.15, 0.2) is 0 Å². The normalized spacial score (nSPS) is 11.1. The van der Waals surface area contributed by atoms with Gasteiger partial charge in [0.2, 0.25) is 0 Å². The summed E-state index contributed by atoms with van der Waals surface area (Å²) in [6.07, 6.45) is 1.22. The summed E-state index contributed by atoms with van der Waals surface area (Å²) < 4.78 is 0. The molecule has 0 saturated carbocycles. The first-order valence-corrected chi connectivity index (χ1v) is 5.97. The minimum Gasteiger partial charge on any atom is -0.507 e. The standard InChI is InChI=1S/C16H15NO2/c1-17(14-10-6-3-7-11-14)16(19)12-15(18)13-8-4-2-5-9-13/h2-12,18H,1H3/b15-12-. The van der Waals surface area contributed by atoms with E-state index in [0.717, 1.165) is 5.69 Å². The fourth-order valence-electron chi connectivity index (χ4n) is 1.68. The van der Waals surface area contributed by atoms with Gasteiger partial charge >= 0.3 is 0 Å². The number of benzene rings is 2. The molecule has 0 aliphatic heterocycles. The van der Waals surface area contributed by atoms with Gasteiger partial charge in [0, 0.05) is 24.4 Å². The Hall–Kier alpha value is -2.55. The van der Waals surface area contributed by atoms with Crippen LogP contribution in [-0.2, 0) is 4.79 Å². The van der Waals surface area contributed by atoms with Crippen LogP contribution in [0.25, 0.3) is 5.76 Å². The Kier molecular flexibility index (Phi) is 3.98. The van der Waals surface area contributed by atoms with E-state index in [-0.39, 0.29) is 11.7 Å². The number of aliphatic hydroxyl groups excluding tert-OH is 1. The number of carbonyl (C=O) groups excluding carboxylic acids is 1. The third kappa shape index (κ3) is 3.22. The van der Waals surface area contributed by atoms with Crippen molar-refractivity contribution >= 4 is 17.4 Å². The molecule has 2 rings (SSSR count). The summed E-state index contributed by atoms with van der Waals surface area (Å²) in [5.41, 5.74) is 1.40. The van der Waals surface area contributed by atoms with Crippen LogP contribution in [0.3, 0.4) is 0 Å². The van der Waals surface area contributed by atoms with E-state index in [1.807, 2.05) is 48.5 Å². The summed E-state index contributed by atoms with van der Waals surface area (Å²) in [5.74, 6) is -0.305. The van der Waals surface area contributed by atoms with Crippen molar-refractivity contribution in [2.75, 3.05) is 11.9 Å². The van der Waals surface area contributed by atoms with E-state index in [9.17, 15) is 9.90 Å². The van der Waals surface area contributed by atoms with Crippen molar-refractivity contribution < 1.29 is 9.90 Å². The van der Waals surface area contributed by atoms with E-state index >= 15 is 0 Å². The third-order valence-corrected chi connectivity index (χ3v) is 2.80. The maximum atomic E-state index is 12.0. The largest absolute Gasteiger partial charge is 0.507 e. The van der Waals surface area contributed by atoms with Gasteiger partial charge in [0.1, 0.15) is 5.76 Å². The summed E-state index contributed by atoms with van der Waals surface area (Å²) in [6.45, 7) is 0. The Morgan fingerprint density at radius 2 is 1.53 bits per heavy atom. The first kappa shape index (κ1) is 12.9. The molecule has 2 aromatic rings. The number of likely N-dealkylation sites (N-methyl/N-ethyl adjacent to an activating group) is 1. The predicted octanol–water partition coefficient (Wildman–Crippen LogP) is 3.25. The van der Waals surface area contributed by atoms with Crippen LogP contribution in [-0.4, -0.2) is 18.1 Å². The van der Waals surface area contributed by atoms with Crippen LogP contribution in [0.5, 0.6) is 0 Å². The molecule has 0 aliphatic rings.